The Kier molecular flexibility index (Phi) is 7.89. The minimum Gasteiger partial charge on any atom is -0.468 e. The number of aromatic nitrogens is 1. The molecule has 1 aromatic rings. The van der Waals surface area contributed by atoms with Crippen LogP contribution in [0.2, 0.25) is 0 Å². The summed E-state index contributed by atoms with van der Waals surface area (Å²) in [7, 11) is 1.64. The molecule has 1 aliphatic heterocycles. The Hall–Kier alpha value is -2.52. The van der Waals surface area contributed by atoms with Gasteiger partial charge in [-0.15, -0.1) is 0 Å². The van der Waals surface area contributed by atoms with Crippen molar-refractivity contribution in [3.63, 3.8) is 0 Å². The van der Waals surface area contributed by atoms with Crippen LogP contribution in [0.25, 0.3) is 0 Å². The molecule has 10 heteroatoms. The van der Waals surface area contributed by atoms with Crippen molar-refractivity contribution in [1.29, 1.82) is 0 Å². The second-order valence-corrected chi connectivity index (χ2v) is 6.34. The molecule has 0 bridgehead atoms. The normalized spacial score (nSPS) is 18.0. The number of alkyl halides is 3. The van der Waals surface area contributed by atoms with Gasteiger partial charge in [-0.2, -0.15) is 13.2 Å². The summed E-state index contributed by atoms with van der Waals surface area (Å²) in [5.41, 5.74) is 0.701. The summed E-state index contributed by atoms with van der Waals surface area (Å²) < 4.78 is 46.6. The number of hydrogen-bond donors (Lipinski definition) is 1. The largest absolute Gasteiger partial charge is 0.468 e. The lowest BCUT2D eigenvalue weighted by Gasteiger charge is -2.34. The summed E-state index contributed by atoms with van der Waals surface area (Å²) in [6, 6.07) is 3.13. The standard InChI is InChI=1S/C18H25F3N4O3/c1-3-27-16(26)14-5-4-8-25(11-14)17(22-2)24-10-13-6-7-23-15(9-13)28-12-18(19,20)21/h6-7,9,14H,3-5,8,10-12H2,1-2H3,(H,22,24). The van der Waals surface area contributed by atoms with Gasteiger partial charge in [-0.25, -0.2) is 4.98 Å². The van der Waals surface area contributed by atoms with Crippen LogP contribution in [0.15, 0.2) is 23.3 Å². The fourth-order valence-corrected chi connectivity index (χ4v) is 2.93. The Bertz CT molecular complexity index is 682. The molecule has 0 spiro atoms. The zero-order valence-electron chi connectivity index (χ0n) is 16.0. The predicted molar refractivity (Wildman–Crippen MR) is 96.9 cm³/mol. The number of carbonyl (C=O) groups is 1. The van der Waals surface area contributed by atoms with Crippen molar-refractivity contribution in [2.24, 2.45) is 10.9 Å². The lowest BCUT2D eigenvalue weighted by Crippen LogP contribution is -2.48. The highest BCUT2D eigenvalue weighted by molar-refractivity contribution is 5.81. The number of nitrogens with zero attached hydrogens (tertiary/aromatic N) is 3. The average Bonchev–Trinajstić information content (AvgIpc) is 2.67. The summed E-state index contributed by atoms with van der Waals surface area (Å²) in [5.74, 6) is 0.120. The molecule has 1 aliphatic rings. The highest BCUT2D eigenvalue weighted by Gasteiger charge is 2.29. The molecule has 0 aliphatic carbocycles. The fraction of sp³-hybridized carbons (Fsp3) is 0.611. The number of pyridine rings is 1. The Morgan fingerprint density at radius 3 is 2.93 bits per heavy atom. The molecule has 0 radical (unpaired) electrons. The highest BCUT2D eigenvalue weighted by Crippen LogP contribution is 2.19. The minimum atomic E-state index is -4.41. The molecule has 1 fully saturated rings. The number of likely N-dealkylation sites (tertiary alicyclic amines) is 1. The zero-order chi connectivity index (χ0) is 20.6. The summed E-state index contributed by atoms with van der Waals surface area (Å²) in [6.45, 7) is 2.34. The second kappa shape index (κ2) is 10.1. The van der Waals surface area contributed by atoms with Crippen LogP contribution in [0.4, 0.5) is 13.2 Å². The number of nitrogens with one attached hydrogen (secondary N) is 1. The van der Waals surface area contributed by atoms with Crippen molar-refractivity contribution >= 4 is 11.9 Å². The molecule has 1 atom stereocenters. The van der Waals surface area contributed by atoms with Gasteiger partial charge in [-0.1, -0.05) is 0 Å². The first kappa shape index (κ1) is 21.8. The number of guanidine groups is 1. The van der Waals surface area contributed by atoms with E-state index in [2.05, 4.69) is 20.0 Å². The molecular weight excluding hydrogens is 377 g/mol. The topological polar surface area (TPSA) is 76.0 Å². The van der Waals surface area contributed by atoms with Gasteiger partial charge in [0.15, 0.2) is 12.6 Å². The van der Waals surface area contributed by atoms with Crippen LogP contribution >= 0.6 is 0 Å². The maximum absolute atomic E-state index is 12.3. The average molecular weight is 402 g/mol. The van der Waals surface area contributed by atoms with E-state index in [-0.39, 0.29) is 17.8 Å². The fourth-order valence-electron chi connectivity index (χ4n) is 2.93. The minimum absolute atomic E-state index is 0.0908. The van der Waals surface area contributed by atoms with E-state index in [1.54, 1.807) is 20.0 Å². The number of carbonyl (C=O) groups excluding carboxylic acids is 1. The molecule has 2 heterocycles. The molecule has 1 unspecified atom stereocenters. The summed E-state index contributed by atoms with van der Waals surface area (Å²) in [4.78, 5) is 22.0. The summed E-state index contributed by atoms with van der Waals surface area (Å²) in [5, 5.41) is 3.16. The van der Waals surface area contributed by atoms with E-state index >= 15 is 0 Å². The van der Waals surface area contributed by atoms with Crippen LogP contribution in [-0.4, -0.2) is 61.3 Å². The zero-order valence-corrected chi connectivity index (χ0v) is 16.0. The van der Waals surface area contributed by atoms with Crippen LogP contribution in [0, 0.1) is 5.92 Å². The van der Waals surface area contributed by atoms with E-state index in [4.69, 9.17) is 4.74 Å². The Balaban J connectivity index is 1.92. The number of rotatable bonds is 6. The van der Waals surface area contributed by atoms with Gasteiger partial charge in [0.05, 0.1) is 12.5 Å². The number of ether oxygens (including phenoxy) is 2. The van der Waals surface area contributed by atoms with Crippen molar-refractivity contribution in [1.82, 2.24) is 15.2 Å². The van der Waals surface area contributed by atoms with E-state index in [0.717, 1.165) is 19.4 Å². The third-order valence-corrected chi connectivity index (χ3v) is 4.19. The molecule has 0 saturated carbocycles. The van der Waals surface area contributed by atoms with Crippen LogP contribution in [0.5, 0.6) is 5.88 Å². The van der Waals surface area contributed by atoms with E-state index in [1.165, 1.54) is 12.3 Å². The third-order valence-electron chi connectivity index (χ3n) is 4.19. The lowest BCUT2D eigenvalue weighted by molar-refractivity contribution is -0.154. The molecule has 0 aromatic carbocycles. The molecule has 1 saturated heterocycles. The number of esters is 1. The number of aliphatic imine (C=N–C) groups is 1. The molecule has 7 nitrogen and oxygen atoms in total. The predicted octanol–water partition coefficient (Wildman–Crippen LogP) is 2.37. The smallest absolute Gasteiger partial charge is 0.422 e. The molecule has 1 N–H and O–H groups in total. The summed E-state index contributed by atoms with van der Waals surface area (Å²) in [6.07, 6.45) is -1.41. The molecule has 1 aromatic heterocycles. The second-order valence-electron chi connectivity index (χ2n) is 6.34. The highest BCUT2D eigenvalue weighted by atomic mass is 19.4. The van der Waals surface area contributed by atoms with Gasteiger partial charge in [0.25, 0.3) is 0 Å². The van der Waals surface area contributed by atoms with Crippen molar-refractivity contribution in [3.8, 4) is 5.88 Å². The van der Waals surface area contributed by atoms with Crippen LogP contribution in [0.3, 0.4) is 0 Å². The Labute approximate surface area is 161 Å². The monoisotopic (exact) mass is 402 g/mol. The van der Waals surface area contributed by atoms with E-state index in [9.17, 15) is 18.0 Å². The first-order valence-corrected chi connectivity index (χ1v) is 9.09. The number of halogens is 3. The summed E-state index contributed by atoms with van der Waals surface area (Å²) >= 11 is 0. The maximum Gasteiger partial charge on any atom is 0.422 e. The molecule has 0 amide bonds. The van der Waals surface area contributed by atoms with Crippen molar-refractivity contribution in [2.75, 3.05) is 33.4 Å². The van der Waals surface area contributed by atoms with Crippen LogP contribution in [0.1, 0.15) is 25.3 Å². The Morgan fingerprint density at radius 1 is 1.46 bits per heavy atom. The van der Waals surface area contributed by atoms with Crippen molar-refractivity contribution in [2.45, 2.75) is 32.5 Å². The van der Waals surface area contributed by atoms with Crippen molar-refractivity contribution in [3.05, 3.63) is 23.9 Å². The van der Waals surface area contributed by atoms with E-state index < -0.39 is 12.8 Å². The molecular formula is C18H25F3N4O3. The SMILES string of the molecule is CCOC(=O)C1CCCN(C(=NC)NCc2ccnc(OCC(F)(F)F)c2)C1. The number of hydrogen-bond acceptors (Lipinski definition) is 5. The quantitative estimate of drug-likeness (QED) is 0.447. The molecule has 2 rings (SSSR count). The van der Waals surface area contributed by atoms with E-state index in [1.807, 2.05) is 4.90 Å². The van der Waals surface area contributed by atoms with Crippen LogP contribution < -0.4 is 10.1 Å². The van der Waals surface area contributed by atoms with Crippen LogP contribution in [-0.2, 0) is 16.1 Å². The lowest BCUT2D eigenvalue weighted by atomic mass is 9.98. The molecule has 156 valence electrons. The number of piperidine rings is 1. The van der Waals surface area contributed by atoms with Gasteiger partial charge in [0.1, 0.15) is 0 Å². The van der Waals surface area contributed by atoms with Crippen molar-refractivity contribution < 1.29 is 27.4 Å². The first-order valence-electron chi connectivity index (χ1n) is 9.09. The van der Waals surface area contributed by atoms with Gasteiger partial charge in [-0.3, -0.25) is 9.79 Å². The first-order chi connectivity index (χ1) is 13.3. The molecule has 28 heavy (non-hydrogen) atoms. The van der Waals surface area contributed by atoms with Gasteiger partial charge in [-0.05, 0) is 31.4 Å². The van der Waals surface area contributed by atoms with Gasteiger partial charge < -0.3 is 19.7 Å². The van der Waals surface area contributed by atoms with Gasteiger partial charge in [0.2, 0.25) is 5.88 Å². The van der Waals surface area contributed by atoms with Gasteiger partial charge in [0, 0.05) is 38.9 Å². The van der Waals surface area contributed by atoms with Gasteiger partial charge >= 0.3 is 12.1 Å². The Morgan fingerprint density at radius 2 is 2.25 bits per heavy atom. The van der Waals surface area contributed by atoms with E-state index in [0.29, 0.717) is 31.2 Å². The maximum atomic E-state index is 12.3. The third kappa shape index (κ3) is 6.90.